The van der Waals surface area contributed by atoms with Gasteiger partial charge in [-0.1, -0.05) is 0 Å². The number of ether oxygens (including phenoxy) is 2. The zero-order valence-electron chi connectivity index (χ0n) is 13.2. The number of carbonyl (C=O) groups is 1. The van der Waals surface area contributed by atoms with E-state index in [-0.39, 0.29) is 5.91 Å². The van der Waals surface area contributed by atoms with E-state index in [1.165, 1.54) is 0 Å². The summed E-state index contributed by atoms with van der Waals surface area (Å²) in [5.74, 6) is 0.963. The summed E-state index contributed by atoms with van der Waals surface area (Å²) >= 11 is 0. The predicted molar refractivity (Wildman–Crippen MR) is 87.4 cm³/mol. The Morgan fingerprint density at radius 3 is 2.65 bits per heavy atom. The minimum Gasteiger partial charge on any atom is -0.493 e. The Bertz CT molecular complexity index is 871. The van der Waals surface area contributed by atoms with Crippen molar-refractivity contribution in [1.82, 2.24) is 9.38 Å². The molecule has 2 aromatic heterocycles. The van der Waals surface area contributed by atoms with Crippen LogP contribution in [0.4, 0.5) is 5.69 Å². The first kappa shape index (κ1) is 14.9. The number of nitrogens with zero attached hydrogens (tertiary/aromatic N) is 2. The normalized spacial score (nSPS) is 10.6. The van der Waals surface area contributed by atoms with Gasteiger partial charge in [0.2, 0.25) is 0 Å². The molecule has 0 unspecified atom stereocenters. The zero-order valence-corrected chi connectivity index (χ0v) is 13.2. The van der Waals surface area contributed by atoms with Gasteiger partial charge in [-0.25, -0.2) is 4.98 Å². The standard InChI is InChI=1S/C17H17N3O3/c1-11-10-20-7-6-12(8-16(20)18-11)17(21)19-13-4-5-14(22-2)15(9-13)23-3/h4-10H,1-3H3,(H,19,21). The van der Waals surface area contributed by atoms with Gasteiger partial charge < -0.3 is 19.2 Å². The number of aromatic nitrogens is 2. The van der Waals surface area contributed by atoms with Gasteiger partial charge >= 0.3 is 0 Å². The van der Waals surface area contributed by atoms with Crippen molar-refractivity contribution >= 4 is 17.2 Å². The molecule has 1 aromatic carbocycles. The molecule has 0 aliphatic carbocycles. The van der Waals surface area contributed by atoms with Crippen LogP contribution in [0, 0.1) is 6.92 Å². The van der Waals surface area contributed by atoms with Crippen LogP contribution in [0.5, 0.6) is 11.5 Å². The van der Waals surface area contributed by atoms with E-state index in [1.807, 2.05) is 23.7 Å². The van der Waals surface area contributed by atoms with Crippen LogP contribution in [-0.2, 0) is 0 Å². The van der Waals surface area contributed by atoms with E-state index < -0.39 is 0 Å². The average molecular weight is 311 g/mol. The van der Waals surface area contributed by atoms with Crippen molar-refractivity contribution in [2.24, 2.45) is 0 Å². The molecule has 0 aliphatic heterocycles. The minimum atomic E-state index is -0.208. The van der Waals surface area contributed by atoms with Crippen LogP contribution in [0.15, 0.2) is 42.7 Å². The molecule has 3 rings (SSSR count). The van der Waals surface area contributed by atoms with Gasteiger partial charge in [0.1, 0.15) is 5.65 Å². The molecular weight excluding hydrogens is 294 g/mol. The van der Waals surface area contributed by atoms with E-state index in [0.29, 0.717) is 22.7 Å². The van der Waals surface area contributed by atoms with Crippen molar-refractivity contribution in [2.75, 3.05) is 19.5 Å². The number of methoxy groups -OCH3 is 2. The van der Waals surface area contributed by atoms with Gasteiger partial charge in [-0.2, -0.15) is 0 Å². The molecule has 0 radical (unpaired) electrons. The van der Waals surface area contributed by atoms with Crippen LogP contribution < -0.4 is 14.8 Å². The van der Waals surface area contributed by atoms with Crippen LogP contribution in [-0.4, -0.2) is 29.5 Å². The number of carbonyl (C=O) groups excluding carboxylic acids is 1. The molecule has 1 amide bonds. The molecule has 0 fully saturated rings. The minimum absolute atomic E-state index is 0.208. The molecule has 0 aliphatic rings. The summed E-state index contributed by atoms with van der Waals surface area (Å²) < 4.78 is 12.3. The number of nitrogens with one attached hydrogen (secondary N) is 1. The molecule has 118 valence electrons. The summed E-state index contributed by atoms with van der Waals surface area (Å²) in [6.07, 6.45) is 3.73. The molecule has 0 saturated carbocycles. The van der Waals surface area contributed by atoms with Crippen molar-refractivity contribution in [2.45, 2.75) is 6.92 Å². The Labute approximate surface area is 133 Å². The lowest BCUT2D eigenvalue weighted by atomic mass is 10.2. The molecule has 2 heterocycles. The summed E-state index contributed by atoms with van der Waals surface area (Å²) in [6.45, 7) is 1.91. The lowest BCUT2D eigenvalue weighted by Crippen LogP contribution is -2.12. The number of benzene rings is 1. The van der Waals surface area contributed by atoms with E-state index in [0.717, 1.165) is 11.3 Å². The Morgan fingerprint density at radius 1 is 1.13 bits per heavy atom. The quantitative estimate of drug-likeness (QED) is 0.804. The number of pyridine rings is 1. The van der Waals surface area contributed by atoms with Gasteiger partial charge in [0.15, 0.2) is 11.5 Å². The van der Waals surface area contributed by atoms with Gasteiger partial charge in [0.05, 0.1) is 19.9 Å². The van der Waals surface area contributed by atoms with Crippen LogP contribution in [0.25, 0.3) is 5.65 Å². The van der Waals surface area contributed by atoms with E-state index in [1.54, 1.807) is 44.6 Å². The van der Waals surface area contributed by atoms with Gasteiger partial charge in [0, 0.05) is 29.7 Å². The highest BCUT2D eigenvalue weighted by molar-refractivity contribution is 6.04. The van der Waals surface area contributed by atoms with Gasteiger partial charge in [-0.05, 0) is 31.2 Å². The highest BCUT2D eigenvalue weighted by Gasteiger charge is 2.10. The summed E-state index contributed by atoms with van der Waals surface area (Å²) in [6, 6.07) is 8.73. The van der Waals surface area contributed by atoms with Gasteiger partial charge in [-0.15, -0.1) is 0 Å². The van der Waals surface area contributed by atoms with Crippen LogP contribution >= 0.6 is 0 Å². The molecular formula is C17H17N3O3. The maximum Gasteiger partial charge on any atom is 0.255 e. The van der Waals surface area contributed by atoms with Crippen molar-refractivity contribution in [3.05, 3.63) is 54.0 Å². The van der Waals surface area contributed by atoms with Crippen molar-refractivity contribution in [3.8, 4) is 11.5 Å². The fourth-order valence-electron chi connectivity index (χ4n) is 2.37. The highest BCUT2D eigenvalue weighted by Crippen LogP contribution is 2.29. The second kappa shape index (κ2) is 6.00. The average Bonchev–Trinajstić information content (AvgIpc) is 2.93. The SMILES string of the molecule is COc1ccc(NC(=O)c2ccn3cc(C)nc3c2)cc1OC. The third-order valence-corrected chi connectivity index (χ3v) is 3.48. The molecule has 3 aromatic rings. The molecule has 1 N–H and O–H groups in total. The van der Waals surface area contributed by atoms with Crippen molar-refractivity contribution < 1.29 is 14.3 Å². The molecule has 6 nitrogen and oxygen atoms in total. The Balaban J connectivity index is 1.85. The van der Waals surface area contributed by atoms with Crippen LogP contribution in [0.2, 0.25) is 0 Å². The first-order valence-corrected chi connectivity index (χ1v) is 7.09. The summed E-state index contributed by atoms with van der Waals surface area (Å²) in [7, 11) is 3.12. The van der Waals surface area contributed by atoms with Crippen LogP contribution in [0.3, 0.4) is 0 Å². The van der Waals surface area contributed by atoms with E-state index in [2.05, 4.69) is 10.3 Å². The lowest BCUT2D eigenvalue weighted by molar-refractivity contribution is 0.102. The second-order valence-electron chi connectivity index (χ2n) is 5.09. The number of rotatable bonds is 4. The fourth-order valence-corrected chi connectivity index (χ4v) is 2.37. The number of imidazole rings is 1. The smallest absolute Gasteiger partial charge is 0.255 e. The monoisotopic (exact) mass is 311 g/mol. The van der Waals surface area contributed by atoms with E-state index in [9.17, 15) is 4.79 Å². The first-order chi connectivity index (χ1) is 11.1. The molecule has 23 heavy (non-hydrogen) atoms. The lowest BCUT2D eigenvalue weighted by Gasteiger charge is -2.10. The maximum absolute atomic E-state index is 12.4. The maximum atomic E-state index is 12.4. The van der Waals surface area contributed by atoms with Gasteiger partial charge in [0.25, 0.3) is 5.91 Å². The summed E-state index contributed by atoms with van der Waals surface area (Å²) in [5.41, 5.74) is 2.81. The Hall–Kier alpha value is -3.02. The van der Waals surface area contributed by atoms with Gasteiger partial charge in [-0.3, -0.25) is 4.79 Å². The van der Waals surface area contributed by atoms with Crippen LogP contribution in [0.1, 0.15) is 16.1 Å². The molecule has 0 atom stereocenters. The Kier molecular flexibility index (Phi) is 3.89. The van der Waals surface area contributed by atoms with E-state index >= 15 is 0 Å². The number of anilines is 1. The van der Waals surface area contributed by atoms with Crippen molar-refractivity contribution in [1.29, 1.82) is 0 Å². The molecule has 0 bridgehead atoms. The molecule has 0 spiro atoms. The number of fused-ring (bicyclic) bond motifs is 1. The van der Waals surface area contributed by atoms with Crippen molar-refractivity contribution in [3.63, 3.8) is 0 Å². The third kappa shape index (κ3) is 2.96. The highest BCUT2D eigenvalue weighted by atomic mass is 16.5. The number of hydrogen-bond acceptors (Lipinski definition) is 4. The Morgan fingerprint density at radius 2 is 1.91 bits per heavy atom. The second-order valence-corrected chi connectivity index (χ2v) is 5.09. The molecule has 6 heteroatoms. The van der Waals surface area contributed by atoms with E-state index in [4.69, 9.17) is 9.47 Å². The molecule has 0 saturated heterocycles. The number of aryl methyl sites for hydroxylation is 1. The first-order valence-electron chi connectivity index (χ1n) is 7.09. The number of hydrogen-bond donors (Lipinski definition) is 1. The third-order valence-electron chi connectivity index (χ3n) is 3.48. The summed E-state index contributed by atoms with van der Waals surface area (Å²) in [5, 5.41) is 2.84. The predicted octanol–water partition coefficient (Wildman–Crippen LogP) is 2.91. The fraction of sp³-hybridized carbons (Fsp3) is 0.176. The topological polar surface area (TPSA) is 64.9 Å². The number of amides is 1. The largest absolute Gasteiger partial charge is 0.493 e. The summed E-state index contributed by atoms with van der Waals surface area (Å²) in [4.78, 5) is 16.8. The zero-order chi connectivity index (χ0) is 16.4.